The molecule has 0 aromatic carbocycles. The van der Waals surface area contributed by atoms with E-state index >= 15 is 0 Å². The van der Waals surface area contributed by atoms with E-state index in [0.29, 0.717) is 25.9 Å². The molecule has 4 heterocycles. The van der Waals surface area contributed by atoms with Gasteiger partial charge in [-0.3, -0.25) is 19.2 Å². The molecule has 8 atom stereocenters. The fourth-order valence-corrected chi connectivity index (χ4v) is 7.73. The minimum Gasteiger partial charge on any atom is -0.458 e. The Morgan fingerprint density at radius 1 is 1.15 bits per heavy atom. The van der Waals surface area contributed by atoms with E-state index in [-0.39, 0.29) is 17.6 Å². The molecule has 2 aliphatic heterocycles. The summed E-state index contributed by atoms with van der Waals surface area (Å²) in [7, 11) is 5.77. The number of carbonyl (C=O) groups is 3. The standard InChI is InChI=1S/C32H51BN6O6S/c1-9-24-32(6)27(39(30(42)45-32)17-11-10-16-38-19-23(35-36-38)28-34-14-18-46-28)22(4)37(7)15-12-13-31(5,43-8)26(33)20(2)25(40)21(3)29(41)44-24/h14,18-22,24,26-27H,9-13,15-17,33H2,1-8H3/t20-,21+,22-,24+,26+,27+,31+,32+/m0/s1. The quantitative estimate of drug-likeness (QED) is 0.179. The van der Waals surface area contributed by atoms with Gasteiger partial charge >= 0.3 is 12.1 Å². The van der Waals surface area contributed by atoms with Crippen LogP contribution in [0.3, 0.4) is 0 Å². The molecule has 254 valence electrons. The molecule has 0 N–H and O–H groups in total. The molecule has 14 heteroatoms. The number of nitrogens with zero attached hydrogens (tertiary/aromatic N) is 6. The third kappa shape index (κ3) is 7.33. The molecule has 0 radical (unpaired) electrons. The van der Waals surface area contributed by atoms with Gasteiger partial charge in [0.2, 0.25) is 0 Å². The molecule has 2 aromatic rings. The number of esters is 1. The molecule has 0 saturated carbocycles. The number of rotatable bonds is 8. The molecule has 2 saturated heterocycles. The van der Waals surface area contributed by atoms with Crippen LogP contribution in [0.1, 0.15) is 73.6 Å². The summed E-state index contributed by atoms with van der Waals surface area (Å²) < 4.78 is 20.1. The summed E-state index contributed by atoms with van der Waals surface area (Å²) in [5.41, 5.74) is -0.924. The van der Waals surface area contributed by atoms with Gasteiger partial charge < -0.3 is 19.1 Å². The Morgan fingerprint density at radius 2 is 1.87 bits per heavy atom. The van der Waals surface area contributed by atoms with Crippen LogP contribution in [0.4, 0.5) is 4.79 Å². The normalized spacial score (nSPS) is 33.7. The number of hydrogen-bond acceptors (Lipinski definition) is 11. The first-order valence-electron chi connectivity index (χ1n) is 16.6. The first-order valence-corrected chi connectivity index (χ1v) is 17.4. The summed E-state index contributed by atoms with van der Waals surface area (Å²) in [5, 5.41) is 11.2. The Balaban J connectivity index is 1.56. The number of amides is 1. The Hall–Kier alpha value is -2.84. The van der Waals surface area contributed by atoms with E-state index in [0.717, 1.165) is 36.5 Å². The molecule has 0 spiro atoms. The number of ether oxygens (including phenoxy) is 3. The zero-order valence-electron chi connectivity index (χ0n) is 28.9. The number of hydrogen-bond donors (Lipinski definition) is 0. The molecule has 2 aromatic heterocycles. The van der Waals surface area contributed by atoms with Gasteiger partial charge in [0.1, 0.15) is 36.4 Å². The highest BCUT2D eigenvalue weighted by Crippen LogP contribution is 2.41. The molecular weight excluding hydrogens is 607 g/mol. The largest absolute Gasteiger partial charge is 0.458 e. The van der Waals surface area contributed by atoms with E-state index in [1.54, 1.807) is 29.8 Å². The predicted octanol–water partition coefficient (Wildman–Crippen LogP) is 3.87. The van der Waals surface area contributed by atoms with Crippen LogP contribution < -0.4 is 0 Å². The first kappa shape index (κ1) is 36.0. The number of cyclic esters (lactones) is 1. The van der Waals surface area contributed by atoms with Crippen molar-refractivity contribution in [3.8, 4) is 10.7 Å². The van der Waals surface area contributed by atoms with Gasteiger partial charge in [-0.2, -0.15) is 0 Å². The second kappa shape index (κ2) is 14.9. The van der Waals surface area contributed by atoms with E-state index in [1.165, 1.54) is 11.3 Å². The number of likely N-dealkylation sites (N-methyl/N-ethyl adjacent to an activating group) is 1. The molecule has 2 fully saturated rings. The maximum atomic E-state index is 13.6. The fourth-order valence-electron chi connectivity index (χ4n) is 7.14. The smallest absolute Gasteiger partial charge is 0.410 e. The minimum absolute atomic E-state index is 0.111. The molecule has 46 heavy (non-hydrogen) atoms. The van der Waals surface area contributed by atoms with Gasteiger partial charge in [-0.1, -0.05) is 19.1 Å². The molecule has 0 unspecified atom stereocenters. The minimum atomic E-state index is -1.12. The topological polar surface area (TPSA) is 129 Å². The Morgan fingerprint density at radius 3 is 2.52 bits per heavy atom. The Labute approximate surface area is 277 Å². The lowest BCUT2D eigenvalue weighted by Gasteiger charge is -2.43. The Bertz CT molecular complexity index is 1340. The molecule has 0 bridgehead atoms. The van der Waals surface area contributed by atoms with Gasteiger partial charge in [0.15, 0.2) is 5.60 Å². The van der Waals surface area contributed by atoms with E-state index in [2.05, 4.69) is 34.2 Å². The number of ketones is 1. The molecule has 2 aliphatic rings. The predicted molar refractivity (Wildman–Crippen MR) is 178 cm³/mol. The maximum Gasteiger partial charge on any atom is 0.410 e. The van der Waals surface area contributed by atoms with Crippen LogP contribution >= 0.6 is 11.3 Å². The van der Waals surface area contributed by atoms with Crippen molar-refractivity contribution in [1.82, 2.24) is 29.8 Å². The van der Waals surface area contributed by atoms with Crippen molar-refractivity contribution in [2.75, 3.05) is 27.2 Å². The fraction of sp³-hybridized carbons (Fsp3) is 0.750. The molecular formula is C32H51BN6O6S. The van der Waals surface area contributed by atoms with Crippen LogP contribution in [0.25, 0.3) is 10.7 Å². The van der Waals surface area contributed by atoms with Crippen molar-refractivity contribution in [3.05, 3.63) is 17.8 Å². The molecule has 1 amide bonds. The highest BCUT2D eigenvalue weighted by molar-refractivity contribution is 7.13. The number of aromatic nitrogens is 4. The van der Waals surface area contributed by atoms with Crippen LogP contribution in [-0.2, 0) is 30.3 Å². The first-order chi connectivity index (χ1) is 21.8. The highest BCUT2D eigenvalue weighted by Gasteiger charge is 2.59. The van der Waals surface area contributed by atoms with Crippen LogP contribution in [0, 0.1) is 11.8 Å². The number of Topliss-reactive ketones (excluding diaryl/α,β-unsaturated/α-hetero) is 1. The van der Waals surface area contributed by atoms with Crippen LogP contribution in [-0.4, -0.2) is 112 Å². The number of carbonyl (C=O) groups excluding carboxylic acids is 3. The van der Waals surface area contributed by atoms with E-state index in [4.69, 9.17) is 14.2 Å². The second-order valence-corrected chi connectivity index (χ2v) is 14.4. The second-order valence-electron chi connectivity index (χ2n) is 13.5. The average molecular weight is 659 g/mol. The van der Waals surface area contributed by atoms with Crippen LogP contribution in [0.15, 0.2) is 17.8 Å². The average Bonchev–Trinajstić information content (AvgIpc) is 3.79. The van der Waals surface area contributed by atoms with Crippen molar-refractivity contribution in [2.45, 2.75) is 115 Å². The summed E-state index contributed by atoms with van der Waals surface area (Å²) in [6, 6.07) is -0.511. The summed E-state index contributed by atoms with van der Waals surface area (Å²) in [4.78, 5) is 49.0. The van der Waals surface area contributed by atoms with Gasteiger partial charge in [-0.05, 0) is 79.2 Å². The maximum absolute atomic E-state index is 13.6. The lowest BCUT2D eigenvalue weighted by Crippen LogP contribution is -2.60. The van der Waals surface area contributed by atoms with Gasteiger partial charge in [0.05, 0.1) is 17.8 Å². The van der Waals surface area contributed by atoms with E-state index < -0.39 is 47.2 Å². The number of fused-ring (bicyclic) bond motifs is 1. The summed E-state index contributed by atoms with van der Waals surface area (Å²) in [6.45, 7) is 13.3. The van der Waals surface area contributed by atoms with Crippen molar-refractivity contribution in [1.29, 1.82) is 0 Å². The van der Waals surface area contributed by atoms with Crippen molar-refractivity contribution >= 4 is 37.0 Å². The van der Waals surface area contributed by atoms with Crippen molar-refractivity contribution < 1.29 is 28.6 Å². The van der Waals surface area contributed by atoms with Crippen LogP contribution in [0.2, 0.25) is 5.82 Å². The van der Waals surface area contributed by atoms with Gasteiger partial charge in [-0.15, -0.1) is 16.4 Å². The zero-order chi connectivity index (χ0) is 33.8. The lowest BCUT2D eigenvalue weighted by atomic mass is 9.63. The number of thiazole rings is 1. The Kier molecular flexibility index (Phi) is 11.7. The lowest BCUT2D eigenvalue weighted by molar-refractivity contribution is -0.171. The number of methoxy groups -OCH3 is 1. The van der Waals surface area contributed by atoms with E-state index in [1.807, 2.05) is 47.1 Å². The zero-order valence-corrected chi connectivity index (χ0v) is 29.7. The number of aryl methyl sites for hydroxylation is 1. The molecule has 0 aliphatic carbocycles. The third-order valence-electron chi connectivity index (χ3n) is 10.7. The monoisotopic (exact) mass is 658 g/mol. The summed E-state index contributed by atoms with van der Waals surface area (Å²) in [6.07, 6.45) is 5.97. The highest BCUT2D eigenvalue weighted by atomic mass is 32.1. The molecule has 4 rings (SSSR count). The van der Waals surface area contributed by atoms with Gasteiger partial charge in [0, 0.05) is 43.7 Å². The SMILES string of the molecule is B[C@@H]1[C@@H](C)C(=O)[C@@H](C)C(=O)O[C@H](CC)[C@@]2(C)OC(=O)N(CCCCn3cc(-c4nccs4)nn3)[C@@H]2[C@H](C)N(C)CCC[C@@]1(C)OC. The van der Waals surface area contributed by atoms with Crippen molar-refractivity contribution in [3.63, 3.8) is 0 Å². The number of unbranched alkanes of at least 4 members (excludes halogenated alkanes) is 1. The third-order valence-corrected chi connectivity index (χ3v) is 11.5. The van der Waals surface area contributed by atoms with E-state index in [9.17, 15) is 14.4 Å². The summed E-state index contributed by atoms with van der Waals surface area (Å²) in [5.74, 6) is -2.24. The van der Waals surface area contributed by atoms with Gasteiger partial charge in [0.25, 0.3) is 0 Å². The van der Waals surface area contributed by atoms with Crippen LogP contribution in [0.5, 0.6) is 0 Å². The van der Waals surface area contributed by atoms with Gasteiger partial charge in [-0.25, -0.2) is 9.78 Å². The molecule has 12 nitrogen and oxygen atoms in total. The van der Waals surface area contributed by atoms with Crippen molar-refractivity contribution in [2.24, 2.45) is 11.8 Å². The summed E-state index contributed by atoms with van der Waals surface area (Å²) >= 11 is 1.52.